The van der Waals surface area contributed by atoms with Crippen molar-refractivity contribution in [3.05, 3.63) is 0 Å². The van der Waals surface area contributed by atoms with Crippen molar-refractivity contribution in [1.82, 2.24) is 4.90 Å². The van der Waals surface area contributed by atoms with Gasteiger partial charge in [-0.25, -0.2) is 0 Å². The molecule has 0 radical (unpaired) electrons. The van der Waals surface area contributed by atoms with Crippen LogP contribution in [0.5, 0.6) is 0 Å². The van der Waals surface area contributed by atoms with E-state index in [0.29, 0.717) is 6.42 Å². The summed E-state index contributed by atoms with van der Waals surface area (Å²) in [7, 11) is 0. The van der Waals surface area contributed by atoms with Gasteiger partial charge < -0.3 is 9.64 Å². The normalized spacial score (nSPS) is 23.2. The van der Waals surface area contributed by atoms with Gasteiger partial charge in [-0.05, 0) is 13.3 Å². The number of rotatable bonds is 3. The third kappa shape index (κ3) is 2.21. The summed E-state index contributed by atoms with van der Waals surface area (Å²) in [6.07, 6.45) is 1.89. The molecule has 0 bridgehead atoms. The van der Waals surface area contributed by atoms with Gasteiger partial charge in [0.1, 0.15) is 0 Å². The van der Waals surface area contributed by atoms with Gasteiger partial charge in [-0.1, -0.05) is 6.92 Å². The number of carbonyl (C=O) groups is 1. The lowest BCUT2D eigenvalue weighted by Gasteiger charge is -2.15. The fourth-order valence-corrected chi connectivity index (χ4v) is 1.55. The number of likely N-dealkylation sites (tertiary alicyclic amines) is 1. The van der Waals surface area contributed by atoms with Gasteiger partial charge in [-0.3, -0.25) is 4.79 Å². The average molecular weight is 171 g/mol. The minimum absolute atomic E-state index is 0.247. The van der Waals surface area contributed by atoms with Crippen molar-refractivity contribution >= 4 is 5.91 Å². The molecule has 1 rings (SSSR count). The van der Waals surface area contributed by atoms with Crippen LogP contribution in [0.25, 0.3) is 0 Å². The van der Waals surface area contributed by atoms with Gasteiger partial charge in [0.15, 0.2) is 0 Å². The van der Waals surface area contributed by atoms with E-state index in [0.717, 1.165) is 26.1 Å². The van der Waals surface area contributed by atoms with Gasteiger partial charge in [0, 0.05) is 26.1 Å². The molecule has 0 N–H and O–H groups in total. The summed E-state index contributed by atoms with van der Waals surface area (Å²) in [5, 5.41) is 0. The van der Waals surface area contributed by atoms with Gasteiger partial charge in [-0.15, -0.1) is 0 Å². The lowest BCUT2D eigenvalue weighted by molar-refractivity contribution is -0.130. The van der Waals surface area contributed by atoms with Crippen LogP contribution in [-0.4, -0.2) is 36.6 Å². The highest BCUT2D eigenvalue weighted by Crippen LogP contribution is 2.13. The van der Waals surface area contributed by atoms with E-state index in [1.165, 1.54) is 0 Å². The highest BCUT2D eigenvalue weighted by atomic mass is 16.5. The van der Waals surface area contributed by atoms with Crippen molar-refractivity contribution in [1.29, 1.82) is 0 Å². The maximum atomic E-state index is 11.2. The Morgan fingerprint density at radius 3 is 2.92 bits per heavy atom. The van der Waals surface area contributed by atoms with E-state index in [9.17, 15) is 4.79 Å². The topological polar surface area (TPSA) is 29.5 Å². The monoisotopic (exact) mass is 171 g/mol. The smallest absolute Gasteiger partial charge is 0.222 e. The van der Waals surface area contributed by atoms with Gasteiger partial charge >= 0.3 is 0 Å². The second-order valence-corrected chi connectivity index (χ2v) is 3.06. The van der Waals surface area contributed by atoms with Gasteiger partial charge in [0.05, 0.1) is 6.10 Å². The van der Waals surface area contributed by atoms with E-state index < -0.39 is 0 Å². The molecule has 3 nitrogen and oxygen atoms in total. The van der Waals surface area contributed by atoms with Crippen molar-refractivity contribution < 1.29 is 9.53 Å². The first-order valence-electron chi connectivity index (χ1n) is 4.67. The number of amides is 1. The molecule has 0 aromatic carbocycles. The molecule has 0 saturated carbocycles. The zero-order valence-electron chi connectivity index (χ0n) is 7.88. The molecule has 12 heavy (non-hydrogen) atoms. The van der Waals surface area contributed by atoms with Crippen LogP contribution >= 0.6 is 0 Å². The van der Waals surface area contributed by atoms with E-state index in [1.54, 1.807) is 0 Å². The van der Waals surface area contributed by atoms with E-state index in [-0.39, 0.29) is 12.0 Å². The Bertz CT molecular complexity index is 159. The summed E-state index contributed by atoms with van der Waals surface area (Å²) in [6.45, 7) is 6.30. The number of hydrogen-bond donors (Lipinski definition) is 0. The Hall–Kier alpha value is -0.570. The quantitative estimate of drug-likeness (QED) is 0.635. The average Bonchev–Trinajstić information content (AvgIpc) is 2.52. The third-order valence-electron chi connectivity index (χ3n) is 2.20. The summed E-state index contributed by atoms with van der Waals surface area (Å²) in [6, 6.07) is 0. The Balaban J connectivity index is 2.30. The number of nitrogens with zero attached hydrogens (tertiary/aromatic N) is 1. The van der Waals surface area contributed by atoms with Crippen molar-refractivity contribution in [2.45, 2.75) is 32.8 Å². The summed E-state index contributed by atoms with van der Waals surface area (Å²) >= 11 is 0. The molecule has 1 heterocycles. The molecular weight excluding hydrogens is 154 g/mol. The maximum absolute atomic E-state index is 11.2. The van der Waals surface area contributed by atoms with Crippen molar-refractivity contribution in [3.63, 3.8) is 0 Å². The minimum atomic E-state index is 0.247. The molecule has 0 unspecified atom stereocenters. The molecule has 1 saturated heterocycles. The molecule has 0 spiro atoms. The van der Waals surface area contributed by atoms with Gasteiger partial charge in [0.2, 0.25) is 5.91 Å². The molecule has 0 aromatic rings. The SMILES string of the molecule is CCO[C@H]1CCN(C(=O)CC)C1. The first-order chi connectivity index (χ1) is 5.77. The summed E-state index contributed by atoms with van der Waals surface area (Å²) in [5.74, 6) is 0.247. The summed E-state index contributed by atoms with van der Waals surface area (Å²) in [5.41, 5.74) is 0. The Morgan fingerprint density at radius 2 is 2.33 bits per heavy atom. The second kappa shape index (κ2) is 4.45. The molecule has 3 heteroatoms. The molecule has 1 aliphatic rings. The van der Waals surface area contributed by atoms with Crippen LogP contribution < -0.4 is 0 Å². The molecule has 1 amide bonds. The van der Waals surface area contributed by atoms with Crippen molar-refractivity contribution in [2.24, 2.45) is 0 Å². The predicted molar refractivity (Wildman–Crippen MR) is 46.9 cm³/mol. The molecule has 1 aliphatic heterocycles. The predicted octanol–water partition coefficient (Wildman–Crippen LogP) is 1.03. The van der Waals surface area contributed by atoms with Crippen molar-refractivity contribution in [3.8, 4) is 0 Å². The van der Waals surface area contributed by atoms with Gasteiger partial charge in [-0.2, -0.15) is 0 Å². The fraction of sp³-hybridized carbons (Fsp3) is 0.889. The third-order valence-corrected chi connectivity index (χ3v) is 2.20. The highest BCUT2D eigenvalue weighted by Gasteiger charge is 2.24. The first kappa shape index (κ1) is 9.52. The van der Waals surface area contributed by atoms with Crippen LogP contribution in [0.2, 0.25) is 0 Å². The highest BCUT2D eigenvalue weighted by molar-refractivity contribution is 5.76. The van der Waals surface area contributed by atoms with E-state index in [1.807, 2.05) is 18.7 Å². The molecule has 1 atom stereocenters. The second-order valence-electron chi connectivity index (χ2n) is 3.06. The van der Waals surface area contributed by atoms with Crippen LogP contribution in [0, 0.1) is 0 Å². The number of hydrogen-bond acceptors (Lipinski definition) is 2. The Labute approximate surface area is 73.7 Å². The van der Waals surface area contributed by atoms with Crippen LogP contribution in [-0.2, 0) is 9.53 Å². The zero-order valence-corrected chi connectivity index (χ0v) is 7.88. The van der Waals surface area contributed by atoms with E-state index in [4.69, 9.17) is 4.74 Å². The largest absolute Gasteiger partial charge is 0.377 e. The van der Waals surface area contributed by atoms with Crippen molar-refractivity contribution in [2.75, 3.05) is 19.7 Å². The van der Waals surface area contributed by atoms with Crippen LogP contribution in [0.4, 0.5) is 0 Å². The van der Waals surface area contributed by atoms with Crippen LogP contribution in [0.1, 0.15) is 26.7 Å². The number of ether oxygens (including phenoxy) is 1. The zero-order chi connectivity index (χ0) is 8.97. The van der Waals surface area contributed by atoms with Crippen LogP contribution in [0.15, 0.2) is 0 Å². The first-order valence-corrected chi connectivity index (χ1v) is 4.67. The lowest BCUT2D eigenvalue weighted by atomic mass is 10.3. The van der Waals surface area contributed by atoms with Gasteiger partial charge in [0.25, 0.3) is 0 Å². The lowest BCUT2D eigenvalue weighted by Crippen LogP contribution is -2.29. The molecule has 0 aromatic heterocycles. The Morgan fingerprint density at radius 1 is 1.58 bits per heavy atom. The van der Waals surface area contributed by atoms with E-state index >= 15 is 0 Å². The molecule has 70 valence electrons. The summed E-state index contributed by atoms with van der Waals surface area (Å²) < 4.78 is 5.43. The summed E-state index contributed by atoms with van der Waals surface area (Å²) in [4.78, 5) is 13.1. The molecule has 1 fully saturated rings. The fourth-order valence-electron chi connectivity index (χ4n) is 1.55. The number of carbonyl (C=O) groups excluding carboxylic acids is 1. The standard InChI is InChI=1S/C9H17NO2/c1-3-9(11)10-6-5-8(7-10)12-4-2/h8H,3-7H2,1-2H3/t8-/m0/s1. The Kier molecular flexibility index (Phi) is 3.53. The minimum Gasteiger partial charge on any atom is -0.377 e. The van der Waals surface area contributed by atoms with Crippen LogP contribution in [0.3, 0.4) is 0 Å². The van der Waals surface area contributed by atoms with E-state index in [2.05, 4.69) is 0 Å². The molecule has 0 aliphatic carbocycles. The molecular formula is C9H17NO2. The maximum Gasteiger partial charge on any atom is 0.222 e.